The van der Waals surface area contributed by atoms with Crippen molar-refractivity contribution in [2.75, 3.05) is 26.7 Å². The number of phenolic OH excluding ortho intramolecular Hbond substituents is 1. The number of halogens is 1. The molecular formula is C19H21BrN2O5S. The van der Waals surface area contributed by atoms with Crippen LogP contribution in [-0.2, 0) is 9.59 Å². The maximum absolute atomic E-state index is 12.7. The Kier molecular flexibility index (Phi) is 6.34. The number of thioether (sulfide) groups is 1. The van der Waals surface area contributed by atoms with Crippen LogP contribution in [0.1, 0.15) is 25.3 Å². The van der Waals surface area contributed by atoms with Crippen LogP contribution >= 0.6 is 27.7 Å². The first kappa shape index (κ1) is 20.7. The highest BCUT2D eigenvalue weighted by Crippen LogP contribution is 2.37. The van der Waals surface area contributed by atoms with Crippen LogP contribution < -0.4 is 4.74 Å². The van der Waals surface area contributed by atoms with Gasteiger partial charge in [0, 0.05) is 17.6 Å². The highest BCUT2D eigenvalue weighted by atomic mass is 79.9. The Morgan fingerprint density at radius 1 is 1.36 bits per heavy atom. The van der Waals surface area contributed by atoms with Gasteiger partial charge in [0.05, 0.1) is 12.0 Å². The lowest BCUT2D eigenvalue weighted by Crippen LogP contribution is -2.45. The second-order valence-electron chi connectivity index (χ2n) is 6.88. The first-order valence-electron chi connectivity index (χ1n) is 8.89. The van der Waals surface area contributed by atoms with Crippen LogP contribution in [0.15, 0.2) is 21.5 Å². The van der Waals surface area contributed by atoms with Crippen LogP contribution in [0.5, 0.6) is 11.5 Å². The van der Waals surface area contributed by atoms with Crippen molar-refractivity contribution in [1.82, 2.24) is 9.80 Å². The van der Waals surface area contributed by atoms with Gasteiger partial charge in [-0.1, -0.05) is 22.9 Å². The molecule has 7 nitrogen and oxygen atoms in total. The fourth-order valence-corrected chi connectivity index (χ4v) is 4.38. The van der Waals surface area contributed by atoms with Crippen molar-refractivity contribution in [2.24, 2.45) is 5.92 Å². The smallest absolute Gasteiger partial charge is 0.294 e. The Hall–Kier alpha value is -2.00. The molecule has 0 aromatic heterocycles. The molecule has 3 rings (SSSR count). The predicted molar refractivity (Wildman–Crippen MR) is 110 cm³/mol. The van der Waals surface area contributed by atoms with E-state index >= 15 is 0 Å². The van der Waals surface area contributed by atoms with Gasteiger partial charge in [0.15, 0.2) is 11.5 Å². The van der Waals surface area contributed by atoms with E-state index in [0.717, 1.165) is 29.5 Å². The first-order chi connectivity index (χ1) is 13.3. The van der Waals surface area contributed by atoms with Gasteiger partial charge in [0.25, 0.3) is 11.1 Å². The third-order valence-electron chi connectivity index (χ3n) is 4.89. The SMILES string of the molecule is COc1cc(/C=C2\SC(=O)N(CC(=O)N3CCC(C)CC3)C2=O)c(Br)cc1O. The summed E-state index contributed by atoms with van der Waals surface area (Å²) in [6.07, 6.45) is 3.42. The lowest BCUT2D eigenvalue weighted by Gasteiger charge is -2.31. The average Bonchev–Trinajstić information content (AvgIpc) is 2.91. The minimum atomic E-state index is -0.493. The summed E-state index contributed by atoms with van der Waals surface area (Å²) in [5.74, 6) is 0.102. The van der Waals surface area contributed by atoms with Gasteiger partial charge in [-0.25, -0.2) is 0 Å². The van der Waals surface area contributed by atoms with Crippen molar-refractivity contribution in [3.05, 3.63) is 27.1 Å². The van der Waals surface area contributed by atoms with E-state index in [0.29, 0.717) is 29.0 Å². The van der Waals surface area contributed by atoms with Gasteiger partial charge in [-0.15, -0.1) is 0 Å². The van der Waals surface area contributed by atoms with E-state index in [4.69, 9.17) is 4.74 Å². The summed E-state index contributed by atoms with van der Waals surface area (Å²) in [7, 11) is 1.42. The zero-order valence-electron chi connectivity index (χ0n) is 15.6. The monoisotopic (exact) mass is 468 g/mol. The topological polar surface area (TPSA) is 87.2 Å². The molecular weight excluding hydrogens is 448 g/mol. The van der Waals surface area contributed by atoms with Crippen LogP contribution in [0, 0.1) is 5.92 Å². The molecule has 9 heteroatoms. The molecule has 0 spiro atoms. The summed E-state index contributed by atoms with van der Waals surface area (Å²) < 4.78 is 5.63. The van der Waals surface area contributed by atoms with Gasteiger partial charge in [-0.3, -0.25) is 19.3 Å². The molecule has 0 radical (unpaired) electrons. The Labute approximate surface area is 175 Å². The van der Waals surface area contributed by atoms with Gasteiger partial charge in [-0.2, -0.15) is 0 Å². The molecule has 150 valence electrons. The highest BCUT2D eigenvalue weighted by molar-refractivity contribution is 9.10. The number of phenols is 1. The molecule has 1 aromatic carbocycles. The number of carbonyl (C=O) groups excluding carboxylic acids is 3. The molecule has 2 fully saturated rings. The van der Waals surface area contributed by atoms with Crippen molar-refractivity contribution in [3.8, 4) is 11.5 Å². The molecule has 1 aromatic rings. The molecule has 0 saturated carbocycles. The van der Waals surface area contributed by atoms with Crippen LogP contribution in [0.2, 0.25) is 0 Å². The molecule has 0 aliphatic carbocycles. The number of aromatic hydroxyl groups is 1. The predicted octanol–water partition coefficient (Wildman–Crippen LogP) is 3.46. The Morgan fingerprint density at radius 3 is 2.68 bits per heavy atom. The van der Waals surface area contributed by atoms with Crippen LogP contribution in [0.3, 0.4) is 0 Å². The largest absolute Gasteiger partial charge is 0.504 e. The summed E-state index contributed by atoms with van der Waals surface area (Å²) in [5.41, 5.74) is 0.580. The number of benzene rings is 1. The van der Waals surface area contributed by atoms with Crippen molar-refractivity contribution < 1.29 is 24.2 Å². The normalized spacial score (nSPS) is 19.6. The van der Waals surface area contributed by atoms with E-state index < -0.39 is 11.1 Å². The van der Waals surface area contributed by atoms with Gasteiger partial charge >= 0.3 is 0 Å². The number of amides is 3. The third-order valence-corrected chi connectivity index (χ3v) is 6.48. The number of carbonyl (C=O) groups is 3. The van der Waals surface area contributed by atoms with Crippen molar-refractivity contribution in [1.29, 1.82) is 0 Å². The van der Waals surface area contributed by atoms with Crippen LogP contribution in [0.4, 0.5) is 4.79 Å². The van der Waals surface area contributed by atoms with Crippen molar-refractivity contribution >= 4 is 50.8 Å². The Balaban J connectivity index is 1.75. The number of hydrogen-bond acceptors (Lipinski definition) is 6. The number of piperidine rings is 1. The standard InChI is InChI=1S/C19H21BrN2O5S/c1-11-3-5-21(6-4-11)17(24)10-22-18(25)16(28-19(22)26)8-12-7-15(27-2)14(23)9-13(12)20/h7-9,11,23H,3-6,10H2,1-2H3/b16-8-. The van der Waals surface area contributed by atoms with Crippen LogP contribution in [-0.4, -0.2) is 58.7 Å². The number of methoxy groups -OCH3 is 1. The quantitative estimate of drug-likeness (QED) is 0.680. The summed E-state index contributed by atoms with van der Waals surface area (Å²) in [5, 5.41) is 9.34. The molecule has 2 saturated heterocycles. The minimum Gasteiger partial charge on any atom is -0.504 e. The fourth-order valence-electron chi connectivity index (χ4n) is 3.10. The molecule has 2 aliphatic heterocycles. The van der Waals surface area contributed by atoms with Gasteiger partial charge in [-0.05, 0) is 54.3 Å². The lowest BCUT2D eigenvalue weighted by molar-refractivity contribution is -0.136. The summed E-state index contributed by atoms with van der Waals surface area (Å²) in [6.45, 7) is 3.23. The molecule has 2 aliphatic rings. The molecule has 1 N–H and O–H groups in total. The molecule has 0 bridgehead atoms. The lowest BCUT2D eigenvalue weighted by atomic mass is 9.99. The van der Waals surface area contributed by atoms with E-state index in [1.54, 1.807) is 17.0 Å². The number of hydrogen-bond donors (Lipinski definition) is 1. The summed E-state index contributed by atoms with van der Waals surface area (Å²) in [6, 6.07) is 3.02. The van der Waals surface area contributed by atoms with Crippen molar-refractivity contribution in [2.45, 2.75) is 19.8 Å². The third kappa shape index (κ3) is 4.35. The number of rotatable bonds is 4. The number of ether oxygens (including phenoxy) is 1. The van der Waals surface area contributed by atoms with Gasteiger partial charge < -0.3 is 14.7 Å². The van der Waals surface area contributed by atoms with Gasteiger partial charge in [0.1, 0.15) is 6.54 Å². The van der Waals surface area contributed by atoms with Crippen molar-refractivity contribution in [3.63, 3.8) is 0 Å². The number of nitrogens with zero attached hydrogens (tertiary/aromatic N) is 2. The molecule has 0 unspecified atom stereocenters. The van der Waals surface area contributed by atoms with E-state index in [1.807, 2.05) is 0 Å². The molecule has 3 amide bonds. The maximum atomic E-state index is 12.7. The summed E-state index contributed by atoms with van der Waals surface area (Å²) >= 11 is 4.12. The van der Waals surface area contributed by atoms with Gasteiger partial charge in [0.2, 0.25) is 5.91 Å². The van der Waals surface area contributed by atoms with E-state index in [-0.39, 0.29) is 28.9 Å². The number of likely N-dealkylation sites (tertiary alicyclic amines) is 1. The zero-order valence-corrected chi connectivity index (χ0v) is 18.0. The average molecular weight is 469 g/mol. The molecule has 2 heterocycles. The molecule has 0 atom stereocenters. The second kappa shape index (κ2) is 8.57. The molecule has 28 heavy (non-hydrogen) atoms. The van der Waals surface area contributed by atoms with E-state index in [9.17, 15) is 19.5 Å². The summed E-state index contributed by atoms with van der Waals surface area (Å²) in [4.78, 5) is 40.4. The highest BCUT2D eigenvalue weighted by Gasteiger charge is 2.37. The van der Waals surface area contributed by atoms with E-state index in [2.05, 4.69) is 22.9 Å². The zero-order chi connectivity index (χ0) is 20.4. The minimum absolute atomic E-state index is 0.0407. The number of imide groups is 1. The Morgan fingerprint density at radius 2 is 2.04 bits per heavy atom. The Bertz CT molecular complexity index is 849. The van der Waals surface area contributed by atoms with Crippen LogP contribution in [0.25, 0.3) is 6.08 Å². The first-order valence-corrected chi connectivity index (χ1v) is 10.5. The fraction of sp³-hybridized carbons (Fsp3) is 0.421. The van der Waals surface area contributed by atoms with E-state index in [1.165, 1.54) is 13.2 Å². The second-order valence-corrected chi connectivity index (χ2v) is 8.72. The maximum Gasteiger partial charge on any atom is 0.294 e.